The number of hydrogen-bond acceptors (Lipinski definition) is 6. The van der Waals surface area contributed by atoms with Crippen molar-refractivity contribution >= 4 is 9.03 Å². The number of hydrogen-bond donors (Lipinski definition) is 2. The average molecular weight is 566 g/mol. The molecule has 6 fully saturated rings. The molecular formula is C32H56NO5P. The zero-order valence-corrected chi connectivity index (χ0v) is 27.2. The highest BCUT2D eigenvalue weighted by atomic mass is 31.1. The number of piperidine rings is 1. The molecular weight excluding hydrogens is 509 g/mol. The summed E-state index contributed by atoms with van der Waals surface area (Å²) in [5.41, 5.74) is 1.11. The minimum atomic E-state index is -0.277. The third kappa shape index (κ3) is 3.35. The molecule has 0 aromatic rings. The van der Waals surface area contributed by atoms with Crippen LogP contribution in [0.2, 0.25) is 0 Å². The van der Waals surface area contributed by atoms with Crippen molar-refractivity contribution < 1.29 is 24.2 Å². The van der Waals surface area contributed by atoms with E-state index in [4.69, 9.17) is 14.5 Å². The molecule has 0 aromatic heterocycles. The maximum atomic E-state index is 8.55. The summed E-state index contributed by atoms with van der Waals surface area (Å²) < 4.78 is 18.1. The van der Waals surface area contributed by atoms with E-state index in [9.17, 15) is 0 Å². The molecule has 2 N–H and O–H groups in total. The van der Waals surface area contributed by atoms with Crippen LogP contribution in [0.5, 0.6) is 0 Å². The van der Waals surface area contributed by atoms with Gasteiger partial charge < -0.3 is 9.26 Å². The lowest BCUT2D eigenvalue weighted by Crippen LogP contribution is -2.67. The van der Waals surface area contributed by atoms with Crippen molar-refractivity contribution in [3.8, 4) is 0 Å². The summed E-state index contributed by atoms with van der Waals surface area (Å²) in [6.45, 7) is 24.4. The second-order valence-electron chi connectivity index (χ2n) is 16.7. The van der Waals surface area contributed by atoms with Gasteiger partial charge in [0.2, 0.25) is 0 Å². The smallest absolute Gasteiger partial charge is 0.198 e. The van der Waals surface area contributed by atoms with Crippen LogP contribution in [-0.2, 0) is 19.0 Å². The van der Waals surface area contributed by atoms with Crippen molar-refractivity contribution in [2.75, 3.05) is 6.54 Å². The minimum Gasteiger partial charge on any atom is -0.354 e. The fraction of sp³-hybridized carbons (Fsp3) is 1.00. The van der Waals surface area contributed by atoms with E-state index < -0.39 is 0 Å². The standard InChI is InChI=1S/C32H56NO5P/c1-21-10-15-32(33-19-21)22(2)31(9)29(7)17-16-26(4)24(27(29,5)20-30(31,8)36-32)12-13-25(3)18-23(35-39-38-37-34)11-14-28(25,26)6/h21-24,33-34,39H,10-20H2,1-9H3/t21-,22-,23-,24+,25-,26-,27-,28-,29-,30-,31+,32-/m0/s1. The van der Waals surface area contributed by atoms with E-state index in [1.807, 2.05) is 0 Å². The molecule has 4 aliphatic carbocycles. The van der Waals surface area contributed by atoms with Crippen LogP contribution in [-0.4, -0.2) is 29.2 Å². The number of nitrogens with one attached hydrogen (secondary N) is 1. The highest BCUT2D eigenvalue weighted by Gasteiger charge is 2.83. The lowest BCUT2D eigenvalue weighted by atomic mass is 9.31. The van der Waals surface area contributed by atoms with Crippen molar-refractivity contribution in [2.45, 2.75) is 144 Å². The maximum absolute atomic E-state index is 8.55. The Hall–Kier alpha value is 0.190. The molecule has 2 heterocycles. The average Bonchev–Trinajstić information content (AvgIpc) is 3.12. The predicted molar refractivity (Wildman–Crippen MR) is 155 cm³/mol. The normalized spacial score (nSPS) is 60.8. The van der Waals surface area contributed by atoms with Gasteiger partial charge in [0.25, 0.3) is 0 Å². The molecule has 7 heteroatoms. The molecule has 0 amide bonds. The van der Waals surface area contributed by atoms with Gasteiger partial charge in [0.15, 0.2) is 9.03 Å². The number of ether oxygens (including phenoxy) is 1. The zero-order chi connectivity index (χ0) is 28.3. The molecule has 0 radical (unpaired) electrons. The summed E-state index contributed by atoms with van der Waals surface area (Å²) in [6.07, 6.45) is 12.2. The molecule has 6 aliphatic rings. The van der Waals surface area contributed by atoms with Gasteiger partial charge in [-0.1, -0.05) is 60.4 Å². The van der Waals surface area contributed by atoms with E-state index in [1.165, 1.54) is 44.9 Å². The van der Waals surface area contributed by atoms with Crippen LogP contribution in [0.3, 0.4) is 0 Å². The molecule has 1 spiro atoms. The van der Waals surface area contributed by atoms with Crippen molar-refractivity contribution in [3.05, 3.63) is 0 Å². The lowest BCUT2D eigenvalue weighted by molar-refractivity contribution is -0.438. The molecule has 6 rings (SSSR count). The van der Waals surface area contributed by atoms with Crippen molar-refractivity contribution in [1.82, 2.24) is 5.32 Å². The fourth-order valence-electron chi connectivity index (χ4n) is 13.1. The van der Waals surface area contributed by atoms with Crippen molar-refractivity contribution in [1.29, 1.82) is 0 Å². The molecule has 0 aromatic carbocycles. The third-order valence-electron chi connectivity index (χ3n) is 16.1. The number of rotatable bonds is 4. The Morgan fingerprint density at radius 2 is 1.59 bits per heavy atom. The summed E-state index contributed by atoms with van der Waals surface area (Å²) >= 11 is 0. The Balaban J connectivity index is 1.33. The van der Waals surface area contributed by atoms with Crippen molar-refractivity contribution in [3.63, 3.8) is 0 Å². The van der Waals surface area contributed by atoms with Gasteiger partial charge in [0, 0.05) is 17.9 Å². The lowest BCUT2D eigenvalue weighted by Gasteiger charge is -2.73. The van der Waals surface area contributed by atoms with Gasteiger partial charge in [-0.15, -0.1) is 0 Å². The molecule has 1 unspecified atom stereocenters. The summed E-state index contributed by atoms with van der Waals surface area (Å²) in [5, 5.41) is 16.3. The molecule has 224 valence electrons. The van der Waals surface area contributed by atoms with Crippen LogP contribution in [0.4, 0.5) is 0 Å². The Morgan fingerprint density at radius 3 is 2.26 bits per heavy atom. The first-order valence-electron chi connectivity index (χ1n) is 15.9. The third-order valence-corrected chi connectivity index (χ3v) is 16.7. The van der Waals surface area contributed by atoms with Gasteiger partial charge in [-0.25, -0.2) is 5.26 Å². The number of fused-ring (bicyclic) bond motifs is 7. The van der Waals surface area contributed by atoms with Gasteiger partial charge in [-0.05, 0) is 110 Å². The van der Waals surface area contributed by atoms with Crippen LogP contribution in [0.15, 0.2) is 0 Å². The first kappa shape index (κ1) is 29.3. The van der Waals surface area contributed by atoms with Crippen LogP contribution in [0.25, 0.3) is 0 Å². The second kappa shape index (κ2) is 8.87. The maximum Gasteiger partial charge on any atom is 0.198 e. The zero-order valence-electron chi connectivity index (χ0n) is 26.2. The largest absolute Gasteiger partial charge is 0.354 e. The molecule has 6 nitrogen and oxygen atoms in total. The van der Waals surface area contributed by atoms with Gasteiger partial charge in [0.05, 0.1) is 11.7 Å². The van der Waals surface area contributed by atoms with E-state index in [1.54, 1.807) is 0 Å². The molecule has 0 bridgehead atoms. The summed E-state index contributed by atoms with van der Waals surface area (Å²) in [6, 6.07) is 0. The first-order valence-corrected chi connectivity index (χ1v) is 16.8. The minimum absolute atomic E-state index is 0.113. The highest BCUT2D eigenvalue weighted by Crippen LogP contribution is 2.85. The van der Waals surface area contributed by atoms with Gasteiger partial charge in [-0.3, -0.25) is 5.32 Å². The van der Waals surface area contributed by atoms with Crippen LogP contribution >= 0.6 is 9.03 Å². The quantitative estimate of drug-likeness (QED) is 0.155. The second-order valence-corrected chi connectivity index (χ2v) is 17.3. The van der Waals surface area contributed by atoms with E-state index >= 15 is 0 Å². The van der Waals surface area contributed by atoms with Gasteiger partial charge in [-0.2, -0.15) is 4.67 Å². The van der Waals surface area contributed by atoms with Gasteiger partial charge in [0.1, 0.15) is 5.72 Å². The van der Waals surface area contributed by atoms with Crippen molar-refractivity contribution in [2.24, 2.45) is 50.2 Å². The predicted octanol–water partition coefficient (Wildman–Crippen LogP) is 8.27. The summed E-state index contributed by atoms with van der Waals surface area (Å²) in [4.78, 5) is 0. The molecule has 4 saturated carbocycles. The monoisotopic (exact) mass is 565 g/mol. The van der Waals surface area contributed by atoms with Gasteiger partial charge >= 0.3 is 0 Å². The Labute approximate surface area is 239 Å². The van der Waals surface area contributed by atoms with E-state index in [0.29, 0.717) is 11.8 Å². The topological polar surface area (TPSA) is 69.2 Å². The van der Waals surface area contributed by atoms with Crippen LogP contribution < -0.4 is 5.32 Å². The Kier molecular flexibility index (Phi) is 6.65. The van der Waals surface area contributed by atoms with E-state index in [2.05, 4.69) is 77.3 Å². The van der Waals surface area contributed by atoms with E-state index in [0.717, 1.165) is 31.7 Å². The molecule has 2 aliphatic heterocycles. The SMILES string of the molecule is C[C@H]1CC[C@]2(NC1)O[C@@]1(C)C[C@@]3(C)[C@@H]4CC[C@@]5(C)C[C@@H](OPOOO)CC[C@]5(C)[C@@]4(C)CC[C@]3(C)[C@@]1(C)[C@@H]2C. The van der Waals surface area contributed by atoms with Crippen LogP contribution in [0.1, 0.15) is 127 Å². The summed E-state index contributed by atoms with van der Waals surface area (Å²) in [7, 11) is -0.277. The Bertz CT molecular complexity index is 990. The van der Waals surface area contributed by atoms with Crippen LogP contribution in [0, 0.1) is 50.2 Å². The van der Waals surface area contributed by atoms with E-state index in [-0.39, 0.29) is 59.0 Å². The fourth-order valence-corrected chi connectivity index (χ4v) is 13.5. The first-order chi connectivity index (χ1) is 18.1. The Morgan fingerprint density at radius 1 is 0.846 bits per heavy atom. The molecule has 13 atom stereocenters. The highest BCUT2D eigenvalue weighted by molar-refractivity contribution is 7.26. The summed E-state index contributed by atoms with van der Waals surface area (Å²) in [5.74, 6) is 1.91. The molecule has 39 heavy (non-hydrogen) atoms. The molecule has 2 saturated heterocycles.